The molecule has 0 bridgehead atoms. The summed E-state index contributed by atoms with van der Waals surface area (Å²) in [5.74, 6) is 19.5. The molecule has 0 aliphatic carbocycles. The Morgan fingerprint density at radius 3 is 1.78 bits per heavy atom. The van der Waals surface area contributed by atoms with Gasteiger partial charge in [0, 0.05) is 11.1 Å². The molecular formula is C23H12. The normalized spacial score (nSPS) is 8.87. The summed E-state index contributed by atoms with van der Waals surface area (Å²) < 4.78 is 0. The van der Waals surface area contributed by atoms with Crippen molar-refractivity contribution in [3.63, 3.8) is 0 Å². The maximum absolute atomic E-state index is 5.25. The van der Waals surface area contributed by atoms with Crippen molar-refractivity contribution < 1.29 is 0 Å². The molecule has 0 atom stereocenters. The molecule has 3 aromatic rings. The zero-order valence-corrected chi connectivity index (χ0v) is 12.7. The third kappa shape index (κ3) is 3.04. The van der Waals surface area contributed by atoms with Crippen LogP contribution in [0, 0.1) is 47.9 Å². The zero-order valence-electron chi connectivity index (χ0n) is 12.7. The van der Waals surface area contributed by atoms with E-state index in [1.54, 1.807) is 6.92 Å². The Labute approximate surface area is 136 Å². The molecule has 0 N–H and O–H groups in total. The number of terminal acetylenes is 1. The SMILES string of the molecule is C#CC#Cc1cc2cc3ccccc3cc2cc1C#CC#CC. The van der Waals surface area contributed by atoms with Crippen LogP contribution in [0.3, 0.4) is 0 Å². The lowest BCUT2D eigenvalue weighted by Gasteiger charge is -2.05. The molecule has 0 heteroatoms. The van der Waals surface area contributed by atoms with Crippen LogP contribution in [0.15, 0.2) is 48.5 Å². The first-order valence-corrected chi connectivity index (χ1v) is 7.18. The fourth-order valence-corrected chi connectivity index (χ4v) is 2.46. The lowest BCUT2D eigenvalue weighted by atomic mass is 9.98. The molecular weight excluding hydrogens is 276 g/mol. The highest BCUT2D eigenvalue weighted by molar-refractivity contribution is 5.99. The van der Waals surface area contributed by atoms with Gasteiger partial charge >= 0.3 is 0 Å². The van der Waals surface area contributed by atoms with Crippen molar-refractivity contribution >= 4 is 21.5 Å². The molecule has 0 nitrogen and oxygen atoms in total. The third-order valence-electron chi connectivity index (χ3n) is 3.50. The number of hydrogen-bond acceptors (Lipinski definition) is 0. The minimum absolute atomic E-state index is 0.830. The van der Waals surface area contributed by atoms with E-state index in [2.05, 4.69) is 65.7 Å². The van der Waals surface area contributed by atoms with E-state index in [-0.39, 0.29) is 0 Å². The molecule has 0 spiro atoms. The van der Waals surface area contributed by atoms with Crippen LogP contribution in [-0.4, -0.2) is 0 Å². The molecule has 0 saturated heterocycles. The Morgan fingerprint density at radius 2 is 1.26 bits per heavy atom. The first kappa shape index (κ1) is 14.4. The van der Waals surface area contributed by atoms with E-state index >= 15 is 0 Å². The molecule has 0 radical (unpaired) electrons. The lowest BCUT2D eigenvalue weighted by molar-refractivity contribution is 1.65. The maximum atomic E-state index is 5.25. The number of fused-ring (bicyclic) bond motifs is 2. The molecule has 23 heavy (non-hydrogen) atoms. The second-order valence-corrected chi connectivity index (χ2v) is 4.96. The van der Waals surface area contributed by atoms with Crippen LogP contribution in [0.4, 0.5) is 0 Å². The van der Waals surface area contributed by atoms with E-state index in [0.29, 0.717) is 0 Å². The van der Waals surface area contributed by atoms with Gasteiger partial charge in [-0.05, 0) is 76.4 Å². The summed E-state index contributed by atoms with van der Waals surface area (Å²) in [4.78, 5) is 0. The van der Waals surface area contributed by atoms with Gasteiger partial charge in [-0.3, -0.25) is 0 Å². The van der Waals surface area contributed by atoms with Gasteiger partial charge in [0.1, 0.15) is 0 Å². The summed E-state index contributed by atoms with van der Waals surface area (Å²) in [5.41, 5.74) is 1.68. The van der Waals surface area contributed by atoms with Gasteiger partial charge in [-0.25, -0.2) is 0 Å². The first-order chi connectivity index (χ1) is 11.3. The van der Waals surface area contributed by atoms with Crippen molar-refractivity contribution in [1.29, 1.82) is 0 Å². The van der Waals surface area contributed by atoms with Crippen molar-refractivity contribution in [2.45, 2.75) is 6.92 Å². The summed E-state index contributed by atoms with van der Waals surface area (Å²) in [6.45, 7) is 1.76. The monoisotopic (exact) mass is 288 g/mol. The van der Waals surface area contributed by atoms with Gasteiger partial charge in [-0.15, -0.1) is 6.42 Å². The van der Waals surface area contributed by atoms with Crippen LogP contribution < -0.4 is 0 Å². The Hall–Kier alpha value is -3.58. The van der Waals surface area contributed by atoms with Crippen molar-refractivity contribution in [2.24, 2.45) is 0 Å². The molecule has 104 valence electrons. The fraction of sp³-hybridized carbons (Fsp3) is 0.0435. The van der Waals surface area contributed by atoms with E-state index in [4.69, 9.17) is 6.42 Å². The highest BCUT2D eigenvalue weighted by Gasteiger charge is 2.03. The summed E-state index contributed by atoms with van der Waals surface area (Å²) in [6, 6.07) is 16.7. The Balaban J connectivity index is 2.31. The van der Waals surface area contributed by atoms with Crippen LogP contribution in [0.25, 0.3) is 21.5 Å². The molecule has 0 aromatic heterocycles. The minimum atomic E-state index is 0.830. The summed E-state index contributed by atoms with van der Waals surface area (Å²) >= 11 is 0. The fourth-order valence-electron chi connectivity index (χ4n) is 2.46. The molecule has 0 saturated carbocycles. The van der Waals surface area contributed by atoms with E-state index in [9.17, 15) is 0 Å². The highest BCUT2D eigenvalue weighted by Crippen LogP contribution is 2.25. The minimum Gasteiger partial charge on any atom is -0.106 e. The van der Waals surface area contributed by atoms with Gasteiger partial charge in [0.05, 0.1) is 0 Å². The van der Waals surface area contributed by atoms with Gasteiger partial charge < -0.3 is 0 Å². The van der Waals surface area contributed by atoms with Gasteiger partial charge in [0.2, 0.25) is 0 Å². The highest BCUT2D eigenvalue weighted by atomic mass is 14.1. The molecule has 3 rings (SSSR count). The van der Waals surface area contributed by atoms with Crippen LogP contribution in [0.2, 0.25) is 0 Å². The quantitative estimate of drug-likeness (QED) is 0.426. The average Bonchev–Trinajstić information content (AvgIpc) is 2.58. The van der Waals surface area contributed by atoms with E-state index in [1.807, 2.05) is 24.3 Å². The molecule has 0 aliphatic heterocycles. The molecule has 0 amide bonds. The summed E-state index contributed by atoms with van der Waals surface area (Å²) in [5, 5.41) is 4.65. The molecule has 0 fully saturated rings. The van der Waals surface area contributed by atoms with Crippen LogP contribution in [-0.2, 0) is 0 Å². The smallest absolute Gasteiger partial charge is 0.0418 e. The maximum Gasteiger partial charge on any atom is 0.0418 e. The molecule has 0 heterocycles. The van der Waals surface area contributed by atoms with Crippen molar-refractivity contribution in [1.82, 2.24) is 0 Å². The number of hydrogen-bond donors (Lipinski definition) is 0. The van der Waals surface area contributed by atoms with E-state index < -0.39 is 0 Å². The Morgan fingerprint density at radius 1 is 0.696 bits per heavy atom. The summed E-state index contributed by atoms with van der Waals surface area (Å²) in [7, 11) is 0. The third-order valence-corrected chi connectivity index (χ3v) is 3.50. The van der Waals surface area contributed by atoms with Gasteiger partial charge in [-0.1, -0.05) is 42.0 Å². The van der Waals surface area contributed by atoms with Crippen LogP contribution >= 0.6 is 0 Å². The predicted octanol–water partition coefficient (Wildman–Crippen LogP) is 4.35. The number of rotatable bonds is 0. The second-order valence-electron chi connectivity index (χ2n) is 4.96. The van der Waals surface area contributed by atoms with Crippen molar-refractivity contribution in [3.05, 3.63) is 59.7 Å². The molecule has 3 aromatic carbocycles. The van der Waals surface area contributed by atoms with Gasteiger partial charge in [-0.2, -0.15) is 0 Å². The van der Waals surface area contributed by atoms with Gasteiger partial charge in [0.25, 0.3) is 0 Å². The Kier molecular flexibility index (Phi) is 4.03. The summed E-state index contributed by atoms with van der Waals surface area (Å²) in [6.07, 6.45) is 5.25. The Bertz CT molecular complexity index is 1140. The van der Waals surface area contributed by atoms with Gasteiger partial charge in [0.15, 0.2) is 0 Å². The topological polar surface area (TPSA) is 0 Å². The standard InChI is InChI=1S/C23H12/c1-3-5-7-11-19-15-23-17-21-13-9-8-12-20(21)16-22(23)14-18(19)10-6-4-2/h2,8-9,12-17H,1H3. The predicted molar refractivity (Wildman–Crippen MR) is 97.5 cm³/mol. The first-order valence-electron chi connectivity index (χ1n) is 7.18. The second kappa shape index (κ2) is 6.46. The number of benzene rings is 3. The zero-order chi connectivity index (χ0) is 16.1. The average molecular weight is 288 g/mol. The largest absolute Gasteiger partial charge is 0.106 e. The lowest BCUT2D eigenvalue weighted by Crippen LogP contribution is -1.86. The van der Waals surface area contributed by atoms with Crippen LogP contribution in [0.1, 0.15) is 18.1 Å². The molecule has 0 aliphatic rings. The van der Waals surface area contributed by atoms with Crippen LogP contribution in [0.5, 0.6) is 0 Å². The molecule has 0 unspecified atom stereocenters. The van der Waals surface area contributed by atoms with E-state index in [1.165, 1.54) is 10.8 Å². The van der Waals surface area contributed by atoms with Crippen molar-refractivity contribution in [2.75, 3.05) is 0 Å². The van der Waals surface area contributed by atoms with E-state index in [0.717, 1.165) is 21.9 Å². The van der Waals surface area contributed by atoms with Crippen molar-refractivity contribution in [3.8, 4) is 47.9 Å².